The molecule has 0 aliphatic carbocycles. The Morgan fingerprint density at radius 3 is 2.11 bits per heavy atom. The first-order valence-corrected chi connectivity index (χ1v) is 5.40. The molecule has 86 valence electrons. The molecule has 4 nitrogen and oxygen atoms in total. The smallest absolute Gasteiger partial charge is 0.102 e. The highest BCUT2D eigenvalue weighted by Gasteiger charge is 2.17. The second-order valence-electron chi connectivity index (χ2n) is 3.87. The van der Waals surface area contributed by atoms with Crippen LogP contribution in [-0.2, 0) is 0 Å². The highest BCUT2D eigenvalue weighted by molar-refractivity contribution is 5.77. The molecule has 0 radical (unpaired) electrons. The van der Waals surface area contributed by atoms with E-state index in [1.807, 2.05) is 6.07 Å². The number of nitriles is 2. The molecule has 0 fully saturated rings. The van der Waals surface area contributed by atoms with Crippen LogP contribution in [-0.4, -0.2) is 9.97 Å². The van der Waals surface area contributed by atoms with Crippen molar-refractivity contribution in [1.82, 2.24) is 9.97 Å². The maximum Gasteiger partial charge on any atom is 0.102 e. The van der Waals surface area contributed by atoms with Crippen LogP contribution >= 0.6 is 0 Å². The molecule has 18 heavy (non-hydrogen) atoms. The van der Waals surface area contributed by atoms with Gasteiger partial charge < -0.3 is 0 Å². The van der Waals surface area contributed by atoms with Crippen LogP contribution in [0.4, 0.5) is 0 Å². The minimum absolute atomic E-state index is 0.435. The SMILES string of the molecule is Cc1nc(C)c(C#N)c(-c2cccnc2)c1C#N. The monoisotopic (exact) mass is 234 g/mol. The van der Waals surface area contributed by atoms with Gasteiger partial charge in [-0.05, 0) is 19.9 Å². The summed E-state index contributed by atoms with van der Waals surface area (Å²) in [5.74, 6) is 0. The number of rotatable bonds is 1. The number of hydrogen-bond acceptors (Lipinski definition) is 4. The van der Waals surface area contributed by atoms with Gasteiger partial charge in [0.25, 0.3) is 0 Å². The van der Waals surface area contributed by atoms with Crippen LogP contribution in [0.1, 0.15) is 22.5 Å². The van der Waals surface area contributed by atoms with Crippen molar-refractivity contribution in [2.75, 3.05) is 0 Å². The van der Waals surface area contributed by atoms with Gasteiger partial charge >= 0.3 is 0 Å². The topological polar surface area (TPSA) is 73.4 Å². The molecule has 2 aromatic heterocycles. The summed E-state index contributed by atoms with van der Waals surface area (Å²) < 4.78 is 0. The van der Waals surface area contributed by atoms with Crippen LogP contribution in [0.2, 0.25) is 0 Å². The summed E-state index contributed by atoms with van der Waals surface area (Å²) in [6.07, 6.45) is 3.30. The molecule has 0 aliphatic rings. The lowest BCUT2D eigenvalue weighted by Gasteiger charge is -2.10. The third-order valence-electron chi connectivity index (χ3n) is 2.73. The summed E-state index contributed by atoms with van der Waals surface area (Å²) >= 11 is 0. The summed E-state index contributed by atoms with van der Waals surface area (Å²) in [6, 6.07) is 7.86. The molecule has 0 atom stereocenters. The predicted molar refractivity (Wildman–Crippen MR) is 66.4 cm³/mol. The largest absolute Gasteiger partial charge is 0.264 e. The molecule has 2 aromatic rings. The van der Waals surface area contributed by atoms with Crippen molar-refractivity contribution < 1.29 is 0 Å². The summed E-state index contributed by atoms with van der Waals surface area (Å²) in [5, 5.41) is 18.5. The highest BCUT2D eigenvalue weighted by atomic mass is 14.7. The number of aromatic nitrogens is 2. The van der Waals surface area contributed by atoms with Gasteiger partial charge in [0.1, 0.15) is 12.1 Å². The standard InChI is InChI=1S/C14H10N4/c1-9-12(6-15)14(11-4-3-5-17-8-11)13(7-16)10(2)18-9/h3-5,8H,1-2H3. The fourth-order valence-corrected chi connectivity index (χ4v) is 1.92. The number of nitrogens with zero attached hydrogens (tertiary/aromatic N) is 4. The van der Waals surface area contributed by atoms with E-state index >= 15 is 0 Å². The first kappa shape index (κ1) is 11.8. The lowest BCUT2D eigenvalue weighted by atomic mass is 9.95. The van der Waals surface area contributed by atoms with E-state index in [1.165, 1.54) is 0 Å². The van der Waals surface area contributed by atoms with Gasteiger partial charge in [-0.2, -0.15) is 10.5 Å². The lowest BCUT2D eigenvalue weighted by Crippen LogP contribution is -2.01. The van der Waals surface area contributed by atoms with Crippen molar-refractivity contribution in [2.24, 2.45) is 0 Å². The van der Waals surface area contributed by atoms with Gasteiger partial charge in [-0.25, -0.2) is 0 Å². The molecule has 2 heterocycles. The summed E-state index contributed by atoms with van der Waals surface area (Å²) in [4.78, 5) is 8.27. The average Bonchev–Trinajstić information content (AvgIpc) is 2.39. The van der Waals surface area contributed by atoms with E-state index < -0.39 is 0 Å². The van der Waals surface area contributed by atoms with Crippen LogP contribution in [0.15, 0.2) is 24.5 Å². The second kappa shape index (κ2) is 4.65. The van der Waals surface area contributed by atoms with Crippen LogP contribution < -0.4 is 0 Å². The predicted octanol–water partition coefficient (Wildman–Crippen LogP) is 2.50. The van der Waals surface area contributed by atoms with Gasteiger partial charge in [0, 0.05) is 23.5 Å². The molecule has 0 amide bonds. The van der Waals surface area contributed by atoms with E-state index in [-0.39, 0.29) is 0 Å². The van der Waals surface area contributed by atoms with E-state index in [1.54, 1.807) is 32.3 Å². The first-order valence-electron chi connectivity index (χ1n) is 5.40. The quantitative estimate of drug-likeness (QED) is 0.759. The Labute approximate surface area is 105 Å². The summed E-state index contributed by atoms with van der Waals surface area (Å²) in [7, 11) is 0. The fraction of sp³-hybridized carbons (Fsp3) is 0.143. The number of pyridine rings is 2. The normalized spacial score (nSPS) is 9.56. The van der Waals surface area contributed by atoms with E-state index in [2.05, 4.69) is 22.1 Å². The molecule has 4 heteroatoms. The Hall–Kier alpha value is -2.72. The molecule has 0 spiro atoms. The van der Waals surface area contributed by atoms with Crippen molar-refractivity contribution in [1.29, 1.82) is 10.5 Å². The zero-order valence-electron chi connectivity index (χ0n) is 10.1. The van der Waals surface area contributed by atoms with Crippen molar-refractivity contribution >= 4 is 0 Å². The molecule has 0 N–H and O–H groups in total. The molecule has 0 aliphatic heterocycles. The molecule has 0 bridgehead atoms. The zero-order valence-corrected chi connectivity index (χ0v) is 10.1. The number of aryl methyl sites for hydroxylation is 2. The van der Waals surface area contributed by atoms with Crippen LogP contribution in [0, 0.1) is 36.5 Å². The average molecular weight is 234 g/mol. The van der Waals surface area contributed by atoms with Crippen molar-refractivity contribution in [3.63, 3.8) is 0 Å². The third kappa shape index (κ3) is 1.81. The maximum absolute atomic E-state index is 9.25. The minimum atomic E-state index is 0.435. The van der Waals surface area contributed by atoms with E-state index in [9.17, 15) is 10.5 Å². The molecule has 2 rings (SSSR count). The van der Waals surface area contributed by atoms with Gasteiger partial charge in [-0.3, -0.25) is 9.97 Å². The molecular formula is C14H10N4. The van der Waals surface area contributed by atoms with Crippen LogP contribution in [0.3, 0.4) is 0 Å². The van der Waals surface area contributed by atoms with Gasteiger partial charge in [-0.15, -0.1) is 0 Å². The molecular weight excluding hydrogens is 224 g/mol. The maximum atomic E-state index is 9.25. The van der Waals surface area contributed by atoms with Crippen LogP contribution in [0.5, 0.6) is 0 Å². The Morgan fingerprint density at radius 2 is 1.67 bits per heavy atom. The number of hydrogen-bond donors (Lipinski definition) is 0. The van der Waals surface area contributed by atoms with E-state index in [0.29, 0.717) is 28.1 Å². The highest BCUT2D eigenvalue weighted by Crippen LogP contribution is 2.29. The molecule has 0 aromatic carbocycles. The Kier molecular flexibility index (Phi) is 3.03. The van der Waals surface area contributed by atoms with Gasteiger partial charge in [0.05, 0.1) is 22.5 Å². The molecule has 0 saturated heterocycles. The van der Waals surface area contributed by atoms with Gasteiger partial charge in [0.15, 0.2) is 0 Å². The molecule has 0 unspecified atom stereocenters. The Morgan fingerprint density at radius 1 is 1.06 bits per heavy atom. The van der Waals surface area contributed by atoms with Crippen molar-refractivity contribution in [3.8, 4) is 23.3 Å². The second-order valence-corrected chi connectivity index (χ2v) is 3.87. The van der Waals surface area contributed by atoms with E-state index in [0.717, 1.165) is 5.56 Å². The Bertz CT molecular complexity index is 637. The van der Waals surface area contributed by atoms with E-state index in [4.69, 9.17) is 0 Å². The third-order valence-corrected chi connectivity index (χ3v) is 2.73. The van der Waals surface area contributed by atoms with Crippen molar-refractivity contribution in [3.05, 3.63) is 47.0 Å². The molecule has 0 saturated carbocycles. The van der Waals surface area contributed by atoms with Crippen LogP contribution in [0.25, 0.3) is 11.1 Å². The lowest BCUT2D eigenvalue weighted by molar-refractivity contribution is 1.10. The first-order chi connectivity index (χ1) is 8.69. The Balaban J connectivity index is 2.89. The van der Waals surface area contributed by atoms with Crippen molar-refractivity contribution in [2.45, 2.75) is 13.8 Å². The summed E-state index contributed by atoms with van der Waals surface area (Å²) in [6.45, 7) is 3.54. The summed E-state index contributed by atoms with van der Waals surface area (Å²) in [5.41, 5.74) is 3.52. The zero-order chi connectivity index (χ0) is 13.1. The van der Waals surface area contributed by atoms with Gasteiger partial charge in [0.2, 0.25) is 0 Å². The van der Waals surface area contributed by atoms with Gasteiger partial charge in [-0.1, -0.05) is 6.07 Å². The fourth-order valence-electron chi connectivity index (χ4n) is 1.92. The minimum Gasteiger partial charge on any atom is -0.264 e.